The Morgan fingerprint density at radius 1 is 1.29 bits per heavy atom. The Balaban J connectivity index is 2.18. The van der Waals surface area contributed by atoms with Gasteiger partial charge in [0.05, 0.1) is 6.04 Å². The minimum Gasteiger partial charge on any atom is -0.329 e. The van der Waals surface area contributed by atoms with E-state index in [-0.39, 0.29) is 11.9 Å². The molecule has 1 N–H and O–H groups in total. The van der Waals surface area contributed by atoms with Gasteiger partial charge in [-0.15, -0.1) is 0 Å². The molecule has 0 bridgehead atoms. The van der Waals surface area contributed by atoms with Crippen molar-refractivity contribution in [3.63, 3.8) is 0 Å². The van der Waals surface area contributed by atoms with Gasteiger partial charge in [-0.25, -0.2) is 0 Å². The lowest BCUT2D eigenvalue weighted by Crippen LogP contribution is -2.24. The van der Waals surface area contributed by atoms with Gasteiger partial charge in [-0.3, -0.25) is 9.89 Å². The zero-order chi connectivity index (χ0) is 12.0. The second kappa shape index (κ2) is 3.45. The summed E-state index contributed by atoms with van der Waals surface area (Å²) in [6, 6.07) is 10.0. The normalized spacial score (nSPS) is 18.6. The highest BCUT2D eigenvalue weighted by molar-refractivity contribution is 5.98. The standard InChI is InChI=1S/C13H13N3O/c1-8-10-11(15-14-8)13(17)16(2)12(10)9-6-4-3-5-7-9/h3-7,12H,1-2H3,(H,14,15)/t12-/m1/s1. The van der Waals surface area contributed by atoms with E-state index in [2.05, 4.69) is 10.2 Å². The third kappa shape index (κ3) is 1.30. The number of fused-ring (bicyclic) bond motifs is 1. The van der Waals surface area contributed by atoms with Crippen molar-refractivity contribution in [1.29, 1.82) is 0 Å². The zero-order valence-corrected chi connectivity index (χ0v) is 9.77. The first kappa shape index (κ1) is 10.1. The quantitative estimate of drug-likeness (QED) is 0.808. The van der Waals surface area contributed by atoms with Crippen LogP contribution >= 0.6 is 0 Å². The van der Waals surface area contributed by atoms with Crippen LogP contribution in [-0.2, 0) is 0 Å². The van der Waals surface area contributed by atoms with E-state index in [0.717, 1.165) is 16.8 Å². The Morgan fingerprint density at radius 3 is 2.71 bits per heavy atom. The largest absolute Gasteiger partial charge is 0.329 e. The molecule has 1 aliphatic rings. The first-order chi connectivity index (χ1) is 8.20. The van der Waals surface area contributed by atoms with Crippen molar-refractivity contribution in [3.05, 3.63) is 52.8 Å². The molecule has 4 heteroatoms. The minimum atomic E-state index is -0.0163. The summed E-state index contributed by atoms with van der Waals surface area (Å²) < 4.78 is 0. The molecule has 1 aromatic heterocycles. The fraction of sp³-hybridized carbons (Fsp3) is 0.231. The predicted octanol–water partition coefficient (Wildman–Crippen LogP) is 1.89. The average molecular weight is 227 g/mol. The highest BCUT2D eigenvalue weighted by atomic mass is 16.2. The van der Waals surface area contributed by atoms with Crippen molar-refractivity contribution in [2.45, 2.75) is 13.0 Å². The Hall–Kier alpha value is -2.10. The number of carbonyl (C=O) groups is 1. The third-order valence-electron chi connectivity index (χ3n) is 3.29. The van der Waals surface area contributed by atoms with E-state index in [9.17, 15) is 4.79 Å². The molecule has 1 aliphatic heterocycles. The van der Waals surface area contributed by atoms with Gasteiger partial charge < -0.3 is 4.90 Å². The minimum absolute atomic E-state index is 0.0156. The van der Waals surface area contributed by atoms with Crippen molar-refractivity contribution in [2.75, 3.05) is 7.05 Å². The number of benzene rings is 1. The Labute approximate surface area is 99.3 Å². The second-order valence-electron chi connectivity index (χ2n) is 4.34. The molecule has 0 spiro atoms. The van der Waals surface area contributed by atoms with Crippen LogP contribution < -0.4 is 0 Å². The highest BCUT2D eigenvalue weighted by Gasteiger charge is 2.38. The SMILES string of the molecule is Cc1[nH]nc2c1[C@@H](c1ccccc1)N(C)C2=O. The smallest absolute Gasteiger partial charge is 0.275 e. The Bertz CT molecular complexity index is 574. The van der Waals surface area contributed by atoms with Gasteiger partial charge in [-0.05, 0) is 12.5 Å². The maximum atomic E-state index is 12.0. The monoisotopic (exact) mass is 227 g/mol. The number of carbonyl (C=O) groups excluding carboxylic acids is 1. The molecule has 0 unspecified atom stereocenters. The zero-order valence-electron chi connectivity index (χ0n) is 9.77. The predicted molar refractivity (Wildman–Crippen MR) is 63.7 cm³/mol. The maximum Gasteiger partial charge on any atom is 0.275 e. The van der Waals surface area contributed by atoms with E-state index in [1.165, 1.54) is 0 Å². The molecule has 1 amide bonds. The number of nitrogens with one attached hydrogen (secondary N) is 1. The number of aryl methyl sites for hydroxylation is 1. The molecule has 0 saturated carbocycles. The third-order valence-corrected chi connectivity index (χ3v) is 3.29. The number of rotatable bonds is 1. The molecule has 2 heterocycles. The Morgan fingerprint density at radius 2 is 2.00 bits per heavy atom. The van der Waals surface area contributed by atoms with Crippen molar-refractivity contribution >= 4 is 5.91 Å². The molecule has 0 aliphatic carbocycles. The van der Waals surface area contributed by atoms with Crippen LogP contribution in [-0.4, -0.2) is 28.1 Å². The molecule has 3 rings (SSSR count). The summed E-state index contributed by atoms with van der Waals surface area (Å²) >= 11 is 0. The molecule has 0 radical (unpaired) electrons. The first-order valence-electron chi connectivity index (χ1n) is 5.57. The molecule has 4 nitrogen and oxygen atoms in total. The van der Waals surface area contributed by atoms with Gasteiger partial charge in [-0.1, -0.05) is 30.3 Å². The topological polar surface area (TPSA) is 49.0 Å². The maximum absolute atomic E-state index is 12.0. The highest BCUT2D eigenvalue weighted by Crippen LogP contribution is 2.37. The number of aromatic nitrogens is 2. The summed E-state index contributed by atoms with van der Waals surface area (Å²) in [4.78, 5) is 13.8. The van der Waals surface area contributed by atoms with Crippen molar-refractivity contribution in [2.24, 2.45) is 0 Å². The summed E-state index contributed by atoms with van der Waals surface area (Å²) in [5, 5.41) is 6.98. The number of hydrogen-bond donors (Lipinski definition) is 1. The van der Waals surface area contributed by atoms with Crippen LogP contribution in [0, 0.1) is 6.92 Å². The summed E-state index contributed by atoms with van der Waals surface area (Å²) in [6.07, 6.45) is 0. The van der Waals surface area contributed by atoms with Crippen LogP contribution in [0.25, 0.3) is 0 Å². The number of amides is 1. The average Bonchev–Trinajstić information content (AvgIpc) is 2.83. The molecule has 1 atom stereocenters. The van der Waals surface area contributed by atoms with Gasteiger partial charge in [0.1, 0.15) is 0 Å². The van der Waals surface area contributed by atoms with E-state index >= 15 is 0 Å². The summed E-state index contributed by atoms with van der Waals surface area (Å²) in [6.45, 7) is 1.95. The molecule has 17 heavy (non-hydrogen) atoms. The molecule has 0 saturated heterocycles. The van der Waals surface area contributed by atoms with E-state index < -0.39 is 0 Å². The van der Waals surface area contributed by atoms with Crippen LogP contribution in [0.3, 0.4) is 0 Å². The van der Waals surface area contributed by atoms with Gasteiger partial charge in [0.25, 0.3) is 5.91 Å². The Kier molecular flexibility index (Phi) is 2.04. The molecule has 2 aromatic rings. The fourth-order valence-electron chi connectivity index (χ4n) is 2.44. The van der Waals surface area contributed by atoms with Gasteiger partial charge in [-0.2, -0.15) is 5.10 Å². The van der Waals surface area contributed by atoms with Crippen molar-refractivity contribution < 1.29 is 4.79 Å². The van der Waals surface area contributed by atoms with Crippen LogP contribution in [0.15, 0.2) is 30.3 Å². The van der Waals surface area contributed by atoms with E-state index in [1.54, 1.807) is 4.90 Å². The van der Waals surface area contributed by atoms with Crippen LogP contribution in [0.5, 0.6) is 0 Å². The van der Waals surface area contributed by atoms with Crippen molar-refractivity contribution in [3.8, 4) is 0 Å². The van der Waals surface area contributed by atoms with Gasteiger partial charge >= 0.3 is 0 Å². The van der Waals surface area contributed by atoms with E-state index in [0.29, 0.717) is 5.69 Å². The summed E-state index contributed by atoms with van der Waals surface area (Å²) in [5.74, 6) is -0.0156. The van der Waals surface area contributed by atoms with E-state index in [1.807, 2.05) is 44.3 Å². The van der Waals surface area contributed by atoms with Gasteiger partial charge in [0.15, 0.2) is 5.69 Å². The fourth-order valence-corrected chi connectivity index (χ4v) is 2.44. The lowest BCUT2D eigenvalue weighted by atomic mass is 10.00. The lowest BCUT2D eigenvalue weighted by Gasteiger charge is -2.21. The van der Waals surface area contributed by atoms with Gasteiger partial charge in [0, 0.05) is 18.3 Å². The molecular weight excluding hydrogens is 214 g/mol. The number of hydrogen-bond acceptors (Lipinski definition) is 2. The molecule has 1 aromatic carbocycles. The van der Waals surface area contributed by atoms with Crippen molar-refractivity contribution in [1.82, 2.24) is 15.1 Å². The van der Waals surface area contributed by atoms with Crippen LogP contribution in [0.2, 0.25) is 0 Å². The number of H-pyrrole nitrogens is 1. The lowest BCUT2D eigenvalue weighted by molar-refractivity contribution is 0.0787. The number of aromatic amines is 1. The summed E-state index contributed by atoms with van der Waals surface area (Å²) in [7, 11) is 1.82. The second-order valence-corrected chi connectivity index (χ2v) is 4.34. The molecule has 86 valence electrons. The van der Waals surface area contributed by atoms with Crippen LogP contribution in [0.4, 0.5) is 0 Å². The van der Waals surface area contributed by atoms with Gasteiger partial charge in [0.2, 0.25) is 0 Å². The molecular formula is C13H13N3O. The van der Waals surface area contributed by atoms with E-state index in [4.69, 9.17) is 0 Å². The molecule has 0 fully saturated rings. The summed E-state index contributed by atoms with van der Waals surface area (Å²) in [5.41, 5.74) is 3.64. The first-order valence-corrected chi connectivity index (χ1v) is 5.57. The number of nitrogens with zero attached hydrogens (tertiary/aromatic N) is 2. The van der Waals surface area contributed by atoms with Crippen LogP contribution in [0.1, 0.15) is 33.4 Å².